The lowest BCUT2D eigenvalue weighted by atomic mass is 10.1. The van der Waals surface area contributed by atoms with E-state index in [0.717, 1.165) is 0 Å². The largest absolute Gasteiger partial charge is 0.296 e. The second-order valence-electron chi connectivity index (χ2n) is 3.19. The lowest BCUT2D eigenvalue weighted by Gasteiger charge is -2.04. The van der Waals surface area contributed by atoms with Crippen molar-refractivity contribution < 1.29 is 9.18 Å². The van der Waals surface area contributed by atoms with Crippen LogP contribution >= 0.6 is 11.6 Å². The molecular weight excluding hydrogens is 229 g/mol. The molecule has 0 spiro atoms. The highest BCUT2D eigenvalue weighted by atomic mass is 35.5. The van der Waals surface area contributed by atoms with Crippen molar-refractivity contribution in [2.45, 2.75) is 0 Å². The summed E-state index contributed by atoms with van der Waals surface area (Å²) in [6.45, 7) is 0. The van der Waals surface area contributed by atoms with E-state index in [1.165, 1.54) is 18.3 Å². The summed E-state index contributed by atoms with van der Waals surface area (Å²) >= 11 is 5.82. The average Bonchev–Trinajstić information content (AvgIpc) is 2.29. The Kier molecular flexibility index (Phi) is 2.97. The zero-order chi connectivity index (χ0) is 11.5. The number of rotatable bonds is 2. The summed E-state index contributed by atoms with van der Waals surface area (Å²) in [6, 6.07) is 7.84. The minimum atomic E-state index is -0.348. The Morgan fingerprint density at radius 3 is 2.69 bits per heavy atom. The fraction of sp³-hybridized carbons (Fsp3) is 0. The van der Waals surface area contributed by atoms with E-state index < -0.39 is 0 Å². The minimum absolute atomic E-state index is 0.154. The van der Waals surface area contributed by atoms with Gasteiger partial charge in [-0.2, -0.15) is 0 Å². The highest BCUT2D eigenvalue weighted by molar-refractivity contribution is 6.32. The second kappa shape index (κ2) is 4.41. The van der Waals surface area contributed by atoms with E-state index in [4.69, 9.17) is 11.6 Å². The first-order valence-corrected chi connectivity index (χ1v) is 4.96. The number of hydrogen-bond donors (Lipinski definition) is 0. The van der Waals surface area contributed by atoms with E-state index in [1.54, 1.807) is 18.2 Å². The molecule has 0 unspecified atom stereocenters. The fourth-order valence-corrected chi connectivity index (χ4v) is 1.59. The Labute approximate surface area is 96.7 Å². The topological polar surface area (TPSA) is 30.0 Å². The van der Waals surface area contributed by atoms with Crippen molar-refractivity contribution in [3.63, 3.8) is 0 Å². The lowest BCUT2D eigenvalue weighted by Crippen LogP contribution is -1.91. The number of benzene rings is 1. The van der Waals surface area contributed by atoms with Crippen LogP contribution in [-0.4, -0.2) is 11.3 Å². The van der Waals surface area contributed by atoms with Crippen LogP contribution in [0.1, 0.15) is 10.5 Å². The fourth-order valence-electron chi connectivity index (χ4n) is 1.38. The van der Waals surface area contributed by atoms with Crippen molar-refractivity contribution in [3.05, 3.63) is 53.1 Å². The Hall–Kier alpha value is -1.74. The van der Waals surface area contributed by atoms with Crippen LogP contribution in [-0.2, 0) is 0 Å². The number of halogens is 2. The van der Waals surface area contributed by atoms with Gasteiger partial charge in [-0.25, -0.2) is 4.39 Å². The first-order valence-electron chi connectivity index (χ1n) is 4.58. The summed E-state index contributed by atoms with van der Waals surface area (Å²) in [6.07, 6.45) is 1.99. The Morgan fingerprint density at radius 2 is 2.06 bits per heavy atom. The molecule has 0 amide bonds. The summed E-state index contributed by atoms with van der Waals surface area (Å²) in [7, 11) is 0. The maximum absolute atomic E-state index is 13.4. The molecule has 80 valence electrons. The van der Waals surface area contributed by atoms with Crippen molar-refractivity contribution in [3.8, 4) is 11.1 Å². The normalized spacial score (nSPS) is 10.1. The molecule has 2 nitrogen and oxygen atoms in total. The summed E-state index contributed by atoms with van der Waals surface area (Å²) in [5, 5.41) is 0.218. The number of pyridine rings is 1. The standard InChI is InChI=1S/C12H7ClFNO/c13-10-5-8(6-15-12(10)7-16)9-3-1-2-4-11(9)14/h1-7H. The summed E-state index contributed by atoms with van der Waals surface area (Å²) in [5.41, 5.74) is 1.12. The van der Waals surface area contributed by atoms with Crippen LogP contribution in [0.15, 0.2) is 36.5 Å². The van der Waals surface area contributed by atoms with Gasteiger partial charge in [0.2, 0.25) is 0 Å². The molecule has 1 heterocycles. The van der Waals surface area contributed by atoms with Crippen LogP contribution in [0.5, 0.6) is 0 Å². The minimum Gasteiger partial charge on any atom is -0.296 e. The molecule has 0 aliphatic rings. The van der Waals surface area contributed by atoms with Crippen LogP contribution in [0.25, 0.3) is 11.1 Å². The summed E-state index contributed by atoms with van der Waals surface area (Å²) < 4.78 is 13.4. The van der Waals surface area contributed by atoms with Gasteiger partial charge in [-0.15, -0.1) is 0 Å². The molecule has 0 radical (unpaired) electrons. The van der Waals surface area contributed by atoms with Gasteiger partial charge in [0.1, 0.15) is 11.5 Å². The van der Waals surface area contributed by atoms with Crippen molar-refractivity contribution in [1.82, 2.24) is 4.98 Å². The molecule has 0 bridgehead atoms. The van der Waals surface area contributed by atoms with E-state index in [-0.39, 0.29) is 16.5 Å². The molecule has 0 fully saturated rings. The molecule has 0 saturated heterocycles. The molecule has 0 N–H and O–H groups in total. The van der Waals surface area contributed by atoms with E-state index in [9.17, 15) is 9.18 Å². The number of aromatic nitrogens is 1. The zero-order valence-electron chi connectivity index (χ0n) is 8.15. The van der Waals surface area contributed by atoms with Crippen molar-refractivity contribution in [2.75, 3.05) is 0 Å². The van der Waals surface area contributed by atoms with Crippen LogP contribution in [0, 0.1) is 5.82 Å². The number of carbonyl (C=O) groups is 1. The van der Waals surface area contributed by atoms with Crippen LogP contribution in [0.3, 0.4) is 0 Å². The van der Waals surface area contributed by atoms with Gasteiger partial charge in [-0.1, -0.05) is 29.8 Å². The molecule has 4 heteroatoms. The molecule has 1 aromatic carbocycles. The number of hydrogen-bond acceptors (Lipinski definition) is 2. The predicted octanol–water partition coefficient (Wildman–Crippen LogP) is 3.35. The van der Waals surface area contributed by atoms with Gasteiger partial charge in [-0.05, 0) is 12.1 Å². The van der Waals surface area contributed by atoms with Crippen LogP contribution in [0.4, 0.5) is 4.39 Å². The maximum atomic E-state index is 13.4. The van der Waals surface area contributed by atoms with Crippen molar-refractivity contribution in [2.24, 2.45) is 0 Å². The Balaban J connectivity index is 2.54. The molecule has 2 rings (SSSR count). The van der Waals surface area contributed by atoms with Gasteiger partial charge in [0.25, 0.3) is 0 Å². The van der Waals surface area contributed by atoms with Crippen LogP contribution in [0.2, 0.25) is 5.02 Å². The van der Waals surface area contributed by atoms with Crippen molar-refractivity contribution in [1.29, 1.82) is 0 Å². The van der Waals surface area contributed by atoms with Crippen molar-refractivity contribution >= 4 is 17.9 Å². The van der Waals surface area contributed by atoms with Gasteiger partial charge < -0.3 is 0 Å². The van der Waals surface area contributed by atoms with Crippen LogP contribution < -0.4 is 0 Å². The SMILES string of the molecule is O=Cc1ncc(-c2ccccc2F)cc1Cl. The monoisotopic (exact) mass is 235 g/mol. The van der Waals surface area contributed by atoms with Gasteiger partial charge in [0.05, 0.1) is 5.02 Å². The molecule has 16 heavy (non-hydrogen) atoms. The number of aldehydes is 1. The summed E-state index contributed by atoms with van der Waals surface area (Å²) in [5.74, 6) is -0.348. The number of nitrogens with zero attached hydrogens (tertiary/aromatic N) is 1. The quantitative estimate of drug-likeness (QED) is 0.747. The molecule has 0 aliphatic heterocycles. The molecule has 0 atom stereocenters. The smallest absolute Gasteiger partial charge is 0.169 e. The van der Waals surface area contributed by atoms with E-state index in [2.05, 4.69) is 4.98 Å². The number of carbonyl (C=O) groups excluding carboxylic acids is 1. The highest BCUT2D eigenvalue weighted by Crippen LogP contribution is 2.25. The first kappa shape index (κ1) is 10.8. The molecular formula is C12H7ClFNO. The maximum Gasteiger partial charge on any atom is 0.169 e. The molecule has 1 aromatic heterocycles. The van der Waals surface area contributed by atoms with Gasteiger partial charge in [0, 0.05) is 17.3 Å². The molecule has 0 aliphatic carbocycles. The van der Waals surface area contributed by atoms with E-state index in [0.29, 0.717) is 17.4 Å². The van der Waals surface area contributed by atoms with E-state index >= 15 is 0 Å². The second-order valence-corrected chi connectivity index (χ2v) is 3.60. The third-order valence-corrected chi connectivity index (χ3v) is 2.47. The predicted molar refractivity (Wildman–Crippen MR) is 60.0 cm³/mol. The van der Waals surface area contributed by atoms with Gasteiger partial charge in [-0.3, -0.25) is 9.78 Å². The van der Waals surface area contributed by atoms with Gasteiger partial charge in [0.15, 0.2) is 6.29 Å². The first-order chi connectivity index (χ1) is 7.72. The highest BCUT2D eigenvalue weighted by Gasteiger charge is 2.07. The Morgan fingerprint density at radius 1 is 1.31 bits per heavy atom. The zero-order valence-corrected chi connectivity index (χ0v) is 8.91. The Bertz CT molecular complexity index is 542. The average molecular weight is 236 g/mol. The van der Waals surface area contributed by atoms with E-state index in [1.807, 2.05) is 0 Å². The molecule has 2 aromatic rings. The summed E-state index contributed by atoms with van der Waals surface area (Å²) in [4.78, 5) is 14.4. The molecule has 0 saturated carbocycles. The third kappa shape index (κ3) is 1.95. The third-order valence-electron chi connectivity index (χ3n) is 2.17. The van der Waals surface area contributed by atoms with Gasteiger partial charge >= 0.3 is 0 Å². The lowest BCUT2D eigenvalue weighted by molar-refractivity contribution is 0.111.